The summed E-state index contributed by atoms with van der Waals surface area (Å²) >= 11 is 0. The second kappa shape index (κ2) is 7.72. The predicted molar refractivity (Wildman–Crippen MR) is 97.4 cm³/mol. The first kappa shape index (κ1) is 17.5. The van der Waals surface area contributed by atoms with Gasteiger partial charge in [0.1, 0.15) is 6.61 Å². The Balaban J connectivity index is 1.78. The van der Waals surface area contributed by atoms with Gasteiger partial charge in [0, 0.05) is 26.9 Å². The third kappa shape index (κ3) is 4.84. The second-order valence-corrected chi connectivity index (χ2v) is 6.72. The van der Waals surface area contributed by atoms with E-state index in [0.717, 1.165) is 13.1 Å². The van der Waals surface area contributed by atoms with Crippen LogP contribution >= 0.6 is 0 Å². The molecule has 1 aliphatic heterocycles. The van der Waals surface area contributed by atoms with Gasteiger partial charge in [-0.1, -0.05) is 60.7 Å². The van der Waals surface area contributed by atoms with Crippen molar-refractivity contribution >= 4 is 0 Å². The summed E-state index contributed by atoms with van der Waals surface area (Å²) < 4.78 is 11.6. The molecule has 2 aromatic carbocycles. The van der Waals surface area contributed by atoms with E-state index in [1.807, 2.05) is 50.2 Å². The zero-order valence-corrected chi connectivity index (χ0v) is 14.8. The highest BCUT2D eigenvalue weighted by atomic mass is 16.7. The van der Waals surface area contributed by atoms with Crippen LogP contribution in [0.25, 0.3) is 0 Å². The first-order valence-electron chi connectivity index (χ1n) is 8.57. The summed E-state index contributed by atoms with van der Waals surface area (Å²) in [7, 11) is 0. The largest absolute Gasteiger partial charge is 0.452 e. The molecule has 0 spiro atoms. The van der Waals surface area contributed by atoms with Crippen LogP contribution in [0.3, 0.4) is 0 Å². The van der Waals surface area contributed by atoms with E-state index in [9.17, 15) is 5.11 Å². The fourth-order valence-corrected chi connectivity index (χ4v) is 3.02. The minimum atomic E-state index is -0.724. The van der Waals surface area contributed by atoms with E-state index >= 15 is 0 Å². The van der Waals surface area contributed by atoms with Crippen molar-refractivity contribution in [3.63, 3.8) is 0 Å². The summed E-state index contributed by atoms with van der Waals surface area (Å²) in [5.74, 6) is 0.508. The van der Waals surface area contributed by atoms with Crippen LogP contribution in [0.2, 0.25) is 0 Å². The molecule has 1 N–H and O–H groups in total. The Hall–Kier alpha value is -2.30. The van der Waals surface area contributed by atoms with Gasteiger partial charge >= 0.3 is 0 Å². The van der Waals surface area contributed by atoms with Crippen LogP contribution in [0.15, 0.2) is 72.2 Å². The van der Waals surface area contributed by atoms with E-state index in [1.54, 1.807) is 0 Å². The highest BCUT2D eigenvalue weighted by Crippen LogP contribution is 2.31. The Morgan fingerprint density at radius 1 is 0.760 bits per heavy atom. The van der Waals surface area contributed by atoms with E-state index in [0.29, 0.717) is 18.1 Å². The van der Waals surface area contributed by atoms with Gasteiger partial charge in [-0.05, 0) is 11.1 Å². The van der Waals surface area contributed by atoms with Crippen LogP contribution in [0.5, 0.6) is 0 Å². The highest BCUT2D eigenvalue weighted by molar-refractivity contribution is 5.18. The number of rotatable bonds is 7. The lowest BCUT2D eigenvalue weighted by Crippen LogP contribution is -2.27. The molecule has 4 nitrogen and oxygen atoms in total. The number of nitrogens with zero attached hydrogens (tertiary/aromatic N) is 1. The molecule has 0 fully saturated rings. The zero-order valence-electron chi connectivity index (χ0n) is 14.8. The van der Waals surface area contributed by atoms with Crippen molar-refractivity contribution in [2.24, 2.45) is 0 Å². The Morgan fingerprint density at radius 2 is 1.24 bits per heavy atom. The molecule has 0 saturated heterocycles. The van der Waals surface area contributed by atoms with E-state index in [2.05, 4.69) is 29.2 Å². The van der Waals surface area contributed by atoms with E-state index in [4.69, 9.17) is 9.47 Å². The second-order valence-electron chi connectivity index (χ2n) is 6.72. The molecule has 1 heterocycles. The quantitative estimate of drug-likeness (QED) is 0.836. The van der Waals surface area contributed by atoms with Crippen molar-refractivity contribution in [2.45, 2.75) is 32.7 Å². The average molecular weight is 339 g/mol. The fourth-order valence-electron chi connectivity index (χ4n) is 3.02. The molecule has 25 heavy (non-hydrogen) atoms. The van der Waals surface area contributed by atoms with Crippen molar-refractivity contribution in [1.29, 1.82) is 0 Å². The number of benzene rings is 2. The molecule has 132 valence electrons. The molecular weight excluding hydrogens is 314 g/mol. The molecule has 1 aliphatic rings. The Labute approximate surface area is 149 Å². The average Bonchev–Trinajstić information content (AvgIpc) is 2.90. The summed E-state index contributed by atoms with van der Waals surface area (Å²) in [6.45, 7) is 5.73. The summed E-state index contributed by atoms with van der Waals surface area (Å²) in [6, 6.07) is 20.7. The van der Waals surface area contributed by atoms with Crippen LogP contribution in [-0.4, -0.2) is 28.9 Å². The lowest BCUT2D eigenvalue weighted by atomic mass is 10.1. The maximum absolute atomic E-state index is 9.58. The molecule has 0 amide bonds. The molecular formula is C21H25NO3. The molecule has 0 saturated carbocycles. The van der Waals surface area contributed by atoms with E-state index in [-0.39, 0.29) is 6.61 Å². The zero-order chi connectivity index (χ0) is 17.7. The van der Waals surface area contributed by atoms with E-state index in [1.165, 1.54) is 11.1 Å². The molecule has 0 unspecified atom stereocenters. The number of aliphatic hydroxyl groups excluding tert-OH is 1. The number of ether oxygens (including phenoxy) is 2. The normalized spacial score (nSPS) is 16.0. The van der Waals surface area contributed by atoms with Crippen molar-refractivity contribution < 1.29 is 14.6 Å². The third-order valence-electron chi connectivity index (χ3n) is 4.06. The topological polar surface area (TPSA) is 41.9 Å². The van der Waals surface area contributed by atoms with Gasteiger partial charge in [0.15, 0.2) is 11.5 Å². The van der Waals surface area contributed by atoms with Gasteiger partial charge in [-0.15, -0.1) is 0 Å². The smallest absolute Gasteiger partial charge is 0.245 e. The Bertz CT molecular complexity index is 669. The first-order chi connectivity index (χ1) is 12.1. The van der Waals surface area contributed by atoms with E-state index < -0.39 is 5.79 Å². The van der Waals surface area contributed by atoms with Crippen molar-refractivity contribution in [3.05, 3.63) is 83.3 Å². The van der Waals surface area contributed by atoms with Gasteiger partial charge in [-0.3, -0.25) is 4.90 Å². The standard InChI is InChI=1S/C21H25NO3/c1-21(2)24-19(20(16-23)25-21)15-22(13-17-9-5-3-6-10-17)14-18-11-7-4-8-12-18/h3-12,23H,13-16H2,1-2H3. The molecule has 0 bridgehead atoms. The van der Waals surface area contributed by atoms with Crippen LogP contribution in [0.4, 0.5) is 0 Å². The Kier molecular flexibility index (Phi) is 5.41. The van der Waals surface area contributed by atoms with Gasteiger partial charge in [0.2, 0.25) is 5.79 Å². The van der Waals surface area contributed by atoms with Crippen LogP contribution in [0, 0.1) is 0 Å². The highest BCUT2D eigenvalue weighted by Gasteiger charge is 2.34. The molecule has 2 aromatic rings. The Morgan fingerprint density at radius 3 is 1.72 bits per heavy atom. The van der Waals surface area contributed by atoms with Crippen LogP contribution < -0.4 is 0 Å². The number of aliphatic hydroxyl groups is 1. The van der Waals surface area contributed by atoms with Gasteiger partial charge in [-0.2, -0.15) is 0 Å². The van der Waals surface area contributed by atoms with Gasteiger partial charge in [0.25, 0.3) is 0 Å². The van der Waals surface area contributed by atoms with Crippen molar-refractivity contribution in [2.75, 3.05) is 13.2 Å². The fraction of sp³-hybridized carbons (Fsp3) is 0.333. The van der Waals surface area contributed by atoms with Crippen LogP contribution in [-0.2, 0) is 22.6 Å². The SMILES string of the molecule is CC1(C)OC(CO)=C(CN(Cc2ccccc2)Cc2ccccc2)O1. The molecule has 3 rings (SSSR count). The lowest BCUT2D eigenvalue weighted by molar-refractivity contribution is -0.128. The first-order valence-corrected chi connectivity index (χ1v) is 8.57. The minimum Gasteiger partial charge on any atom is -0.452 e. The van der Waals surface area contributed by atoms with Crippen LogP contribution in [0.1, 0.15) is 25.0 Å². The molecule has 4 heteroatoms. The van der Waals surface area contributed by atoms with Gasteiger partial charge in [0.05, 0.1) is 6.54 Å². The van der Waals surface area contributed by atoms with Gasteiger partial charge < -0.3 is 14.6 Å². The molecule has 0 atom stereocenters. The maximum Gasteiger partial charge on any atom is 0.245 e. The molecule has 0 aromatic heterocycles. The molecule has 0 radical (unpaired) electrons. The lowest BCUT2D eigenvalue weighted by Gasteiger charge is -2.24. The predicted octanol–water partition coefficient (Wildman–Crippen LogP) is 3.68. The number of hydrogen-bond donors (Lipinski definition) is 1. The summed E-state index contributed by atoms with van der Waals surface area (Å²) in [4.78, 5) is 2.29. The van der Waals surface area contributed by atoms with Crippen molar-refractivity contribution in [3.8, 4) is 0 Å². The monoisotopic (exact) mass is 339 g/mol. The summed E-state index contributed by atoms with van der Waals surface area (Å²) in [6.07, 6.45) is 0. The third-order valence-corrected chi connectivity index (χ3v) is 4.06. The van der Waals surface area contributed by atoms with Crippen molar-refractivity contribution in [1.82, 2.24) is 4.90 Å². The van der Waals surface area contributed by atoms with Gasteiger partial charge in [-0.25, -0.2) is 0 Å². The minimum absolute atomic E-state index is 0.150. The summed E-state index contributed by atoms with van der Waals surface area (Å²) in [5.41, 5.74) is 2.48. The maximum atomic E-state index is 9.58. The number of hydrogen-bond acceptors (Lipinski definition) is 4. The summed E-state index contributed by atoms with van der Waals surface area (Å²) in [5, 5.41) is 9.58. The molecule has 0 aliphatic carbocycles.